The number of thioether (sulfide) groups is 1. The molecule has 8 heteroatoms. The Morgan fingerprint density at radius 3 is 2.56 bits per heavy atom. The molecule has 0 radical (unpaired) electrons. The molecule has 0 fully saturated rings. The number of amides is 3. The van der Waals surface area contributed by atoms with Gasteiger partial charge in [-0.15, -0.1) is 0 Å². The van der Waals surface area contributed by atoms with Gasteiger partial charge in [0, 0.05) is 13.0 Å². The van der Waals surface area contributed by atoms with Gasteiger partial charge in [-0.1, -0.05) is 0 Å². The Bertz CT molecular complexity index is 299. The van der Waals surface area contributed by atoms with Crippen LogP contribution in [0.15, 0.2) is 0 Å². The molecule has 104 valence electrons. The predicted molar refractivity (Wildman–Crippen MR) is 69.4 cm³/mol. The molecular formula is C10H19N3O4S. The van der Waals surface area contributed by atoms with Gasteiger partial charge in [-0.2, -0.15) is 11.8 Å². The standard InChI is InChI=1S/C10H19N3O4S/c1-18-6-4-7(13-10(11)17)9(16)12-5-2-3-8(14)15/h7H,2-6H2,1H3,(H,12,16)(H,14,15)(H3,11,13,17). The number of primary amides is 1. The average Bonchev–Trinajstić information content (AvgIpc) is 2.29. The van der Waals surface area contributed by atoms with Crippen LogP contribution in [0.5, 0.6) is 0 Å². The summed E-state index contributed by atoms with van der Waals surface area (Å²) in [6.07, 6.45) is 2.73. The summed E-state index contributed by atoms with van der Waals surface area (Å²) in [6, 6.07) is -1.42. The predicted octanol–water partition coefficient (Wildman–Crippen LogP) is -0.243. The molecule has 18 heavy (non-hydrogen) atoms. The van der Waals surface area contributed by atoms with Crippen LogP contribution in [0.2, 0.25) is 0 Å². The van der Waals surface area contributed by atoms with E-state index in [0.717, 1.165) is 0 Å². The van der Waals surface area contributed by atoms with Crippen molar-refractivity contribution in [3.05, 3.63) is 0 Å². The summed E-state index contributed by atoms with van der Waals surface area (Å²) in [5.74, 6) is -0.528. The van der Waals surface area contributed by atoms with Crippen LogP contribution in [0, 0.1) is 0 Å². The van der Waals surface area contributed by atoms with E-state index >= 15 is 0 Å². The van der Waals surface area contributed by atoms with E-state index in [1.54, 1.807) is 11.8 Å². The highest BCUT2D eigenvalue weighted by Crippen LogP contribution is 2.01. The minimum absolute atomic E-state index is 0.000986. The van der Waals surface area contributed by atoms with E-state index in [-0.39, 0.29) is 18.9 Å². The van der Waals surface area contributed by atoms with Crippen molar-refractivity contribution >= 4 is 29.7 Å². The van der Waals surface area contributed by atoms with Crippen molar-refractivity contribution in [1.29, 1.82) is 0 Å². The molecule has 3 amide bonds. The second-order valence-corrected chi connectivity index (χ2v) is 4.62. The second-order valence-electron chi connectivity index (χ2n) is 3.63. The van der Waals surface area contributed by atoms with Gasteiger partial charge in [-0.3, -0.25) is 9.59 Å². The quantitative estimate of drug-likeness (QED) is 0.433. The summed E-state index contributed by atoms with van der Waals surface area (Å²) in [5, 5.41) is 13.4. The van der Waals surface area contributed by atoms with Gasteiger partial charge < -0.3 is 21.5 Å². The molecule has 0 aromatic rings. The molecule has 0 rings (SSSR count). The van der Waals surface area contributed by atoms with Crippen LogP contribution in [0.4, 0.5) is 4.79 Å². The fourth-order valence-corrected chi connectivity index (χ4v) is 1.72. The van der Waals surface area contributed by atoms with E-state index in [9.17, 15) is 14.4 Å². The number of carboxylic acid groups (broad SMARTS) is 1. The lowest BCUT2D eigenvalue weighted by atomic mass is 10.2. The van der Waals surface area contributed by atoms with Crippen molar-refractivity contribution in [3.8, 4) is 0 Å². The van der Waals surface area contributed by atoms with E-state index in [2.05, 4.69) is 10.6 Å². The first-order valence-corrected chi connectivity index (χ1v) is 6.91. The lowest BCUT2D eigenvalue weighted by Gasteiger charge is -2.16. The molecule has 1 atom stereocenters. The highest BCUT2D eigenvalue weighted by atomic mass is 32.2. The van der Waals surface area contributed by atoms with Crippen molar-refractivity contribution in [2.24, 2.45) is 5.73 Å². The van der Waals surface area contributed by atoms with E-state index < -0.39 is 18.0 Å². The first-order valence-electron chi connectivity index (χ1n) is 5.51. The Morgan fingerprint density at radius 1 is 1.39 bits per heavy atom. The number of carboxylic acids is 1. The average molecular weight is 277 g/mol. The van der Waals surface area contributed by atoms with Crippen LogP contribution >= 0.6 is 11.8 Å². The Labute approximate surface area is 110 Å². The Balaban J connectivity index is 4.03. The zero-order chi connectivity index (χ0) is 14.0. The van der Waals surface area contributed by atoms with Crippen LogP contribution in [-0.4, -0.2) is 47.6 Å². The van der Waals surface area contributed by atoms with Crippen LogP contribution in [-0.2, 0) is 9.59 Å². The molecule has 1 unspecified atom stereocenters. The number of nitrogens with two attached hydrogens (primary N) is 1. The molecule has 5 N–H and O–H groups in total. The number of hydrogen-bond acceptors (Lipinski definition) is 4. The first-order chi connectivity index (χ1) is 8.47. The molecular weight excluding hydrogens is 258 g/mol. The third kappa shape index (κ3) is 8.68. The van der Waals surface area contributed by atoms with Gasteiger partial charge in [-0.05, 0) is 24.9 Å². The maximum Gasteiger partial charge on any atom is 0.312 e. The topological polar surface area (TPSA) is 122 Å². The molecule has 0 bridgehead atoms. The minimum Gasteiger partial charge on any atom is -0.481 e. The molecule has 0 spiro atoms. The van der Waals surface area contributed by atoms with E-state index in [0.29, 0.717) is 18.6 Å². The van der Waals surface area contributed by atoms with Crippen LogP contribution in [0.3, 0.4) is 0 Å². The van der Waals surface area contributed by atoms with Crippen molar-refractivity contribution in [1.82, 2.24) is 10.6 Å². The number of rotatable bonds is 9. The summed E-state index contributed by atoms with van der Waals surface area (Å²) in [7, 11) is 0. The Kier molecular flexibility index (Phi) is 8.81. The molecule has 0 aliphatic rings. The van der Waals surface area contributed by atoms with Gasteiger partial charge in [-0.25, -0.2) is 4.79 Å². The van der Waals surface area contributed by atoms with Gasteiger partial charge >= 0.3 is 12.0 Å². The normalized spacial score (nSPS) is 11.6. The highest BCUT2D eigenvalue weighted by molar-refractivity contribution is 7.98. The van der Waals surface area contributed by atoms with E-state index in [4.69, 9.17) is 10.8 Å². The molecule has 0 heterocycles. The number of aliphatic carboxylic acids is 1. The van der Waals surface area contributed by atoms with Crippen molar-refractivity contribution in [2.45, 2.75) is 25.3 Å². The van der Waals surface area contributed by atoms with Gasteiger partial charge in [0.25, 0.3) is 0 Å². The zero-order valence-electron chi connectivity index (χ0n) is 10.3. The zero-order valence-corrected chi connectivity index (χ0v) is 11.1. The maximum absolute atomic E-state index is 11.7. The molecule has 0 aliphatic heterocycles. The van der Waals surface area contributed by atoms with E-state index in [1.807, 2.05) is 6.26 Å². The number of nitrogens with one attached hydrogen (secondary N) is 2. The minimum atomic E-state index is -0.904. The molecule has 0 saturated carbocycles. The molecule has 0 saturated heterocycles. The maximum atomic E-state index is 11.7. The SMILES string of the molecule is CSCCC(NC(N)=O)C(=O)NCCCC(=O)O. The van der Waals surface area contributed by atoms with Gasteiger partial charge in [0.15, 0.2) is 0 Å². The van der Waals surface area contributed by atoms with Gasteiger partial charge in [0.1, 0.15) is 6.04 Å². The number of urea groups is 1. The number of hydrogen-bond donors (Lipinski definition) is 4. The lowest BCUT2D eigenvalue weighted by molar-refractivity contribution is -0.137. The molecule has 0 aromatic heterocycles. The Morgan fingerprint density at radius 2 is 2.06 bits per heavy atom. The fraction of sp³-hybridized carbons (Fsp3) is 0.700. The molecule has 7 nitrogen and oxygen atoms in total. The van der Waals surface area contributed by atoms with Crippen LogP contribution in [0.1, 0.15) is 19.3 Å². The fourth-order valence-electron chi connectivity index (χ4n) is 1.25. The summed E-state index contributed by atoms with van der Waals surface area (Å²) in [6.45, 7) is 0.265. The summed E-state index contributed by atoms with van der Waals surface area (Å²) in [5.41, 5.74) is 4.98. The van der Waals surface area contributed by atoms with Gasteiger partial charge in [0.05, 0.1) is 0 Å². The Hall–Kier alpha value is -1.44. The number of carbonyl (C=O) groups excluding carboxylic acids is 2. The van der Waals surface area contributed by atoms with Crippen molar-refractivity contribution < 1.29 is 19.5 Å². The molecule has 0 aliphatic carbocycles. The van der Waals surface area contributed by atoms with E-state index in [1.165, 1.54) is 0 Å². The third-order valence-corrected chi connectivity index (χ3v) is 2.75. The summed E-state index contributed by atoms with van der Waals surface area (Å²) < 4.78 is 0. The third-order valence-electron chi connectivity index (χ3n) is 2.11. The smallest absolute Gasteiger partial charge is 0.312 e. The van der Waals surface area contributed by atoms with Gasteiger partial charge in [0.2, 0.25) is 5.91 Å². The number of carbonyl (C=O) groups is 3. The highest BCUT2D eigenvalue weighted by Gasteiger charge is 2.18. The lowest BCUT2D eigenvalue weighted by Crippen LogP contribution is -2.49. The van der Waals surface area contributed by atoms with Crippen LogP contribution < -0.4 is 16.4 Å². The molecule has 0 aromatic carbocycles. The van der Waals surface area contributed by atoms with Crippen molar-refractivity contribution in [3.63, 3.8) is 0 Å². The summed E-state index contributed by atoms with van der Waals surface area (Å²) >= 11 is 1.56. The largest absolute Gasteiger partial charge is 0.481 e. The summed E-state index contributed by atoms with van der Waals surface area (Å²) in [4.78, 5) is 32.7. The first kappa shape index (κ1) is 16.6. The van der Waals surface area contributed by atoms with Crippen LogP contribution in [0.25, 0.3) is 0 Å². The van der Waals surface area contributed by atoms with Crippen molar-refractivity contribution in [2.75, 3.05) is 18.6 Å². The monoisotopic (exact) mass is 277 g/mol. The second kappa shape index (κ2) is 9.58.